The number of carbonyl (C=O) groups excluding carboxylic acids is 1. The summed E-state index contributed by atoms with van der Waals surface area (Å²) in [5.41, 5.74) is 1.65. The molecule has 0 spiro atoms. The number of carbonyl (C=O) groups is 1. The maximum Gasteiger partial charge on any atom is 0.157 e. The van der Waals surface area contributed by atoms with Crippen LogP contribution in [0.1, 0.15) is 63.5 Å². The Kier molecular flexibility index (Phi) is 6.76. The number of pyridine rings is 1. The van der Waals surface area contributed by atoms with E-state index in [0.29, 0.717) is 58.3 Å². The van der Waals surface area contributed by atoms with Gasteiger partial charge in [0, 0.05) is 41.1 Å². The quantitative estimate of drug-likeness (QED) is 0.276. The van der Waals surface area contributed by atoms with Gasteiger partial charge in [-0.25, -0.2) is 23.1 Å². The van der Waals surface area contributed by atoms with Crippen LogP contribution in [0.15, 0.2) is 30.7 Å². The number of benzene rings is 1. The Balaban J connectivity index is 1.31. The van der Waals surface area contributed by atoms with E-state index in [1.165, 1.54) is 18.5 Å². The number of rotatable bonds is 7. The van der Waals surface area contributed by atoms with Crippen molar-refractivity contribution in [3.63, 3.8) is 0 Å². The van der Waals surface area contributed by atoms with E-state index in [-0.39, 0.29) is 17.4 Å². The number of hydrogen-bond donors (Lipinski definition) is 2. The number of nitrogens with one attached hydrogen (secondary N) is 2. The fourth-order valence-corrected chi connectivity index (χ4v) is 6.49. The zero-order valence-corrected chi connectivity index (χ0v) is 21.1. The highest BCUT2D eigenvalue weighted by atomic mass is 19.1. The minimum atomic E-state index is -0.713. The van der Waals surface area contributed by atoms with E-state index in [2.05, 4.69) is 20.2 Å². The van der Waals surface area contributed by atoms with Gasteiger partial charge in [0.2, 0.25) is 0 Å². The molecule has 0 aliphatic heterocycles. The summed E-state index contributed by atoms with van der Waals surface area (Å²) in [5.74, 6) is -0.392. The zero-order valence-electron chi connectivity index (χ0n) is 21.1. The van der Waals surface area contributed by atoms with Crippen LogP contribution in [-0.2, 0) is 11.2 Å². The molecular formula is C29H30F3N5O. The molecule has 0 bridgehead atoms. The van der Waals surface area contributed by atoms with E-state index >= 15 is 4.39 Å². The number of fused-ring (bicyclic) bond motifs is 1. The Morgan fingerprint density at radius 3 is 2.55 bits per heavy atom. The number of H-pyrrole nitrogens is 2. The highest BCUT2D eigenvalue weighted by Crippen LogP contribution is 2.39. The topological polar surface area (TPSA) is 87.3 Å². The third kappa shape index (κ3) is 4.86. The van der Waals surface area contributed by atoms with Gasteiger partial charge in [-0.15, -0.1) is 0 Å². The Bertz CT molecular complexity index is 1460. The van der Waals surface area contributed by atoms with Crippen LogP contribution in [0, 0.1) is 35.2 Å². The van der Waals surface area contributed by atoms with Crippen LogP contribution in [0.5, 0.6) is 0 Å². The van der Waals surface area contributed by atoms with Gasteiger partial charge in [-0.05, 0) is 49.7 Å². The summed E-state index contributed by atoms with van der Waals surface area (Å²) >= 11 is 0. The van der Waals surface area contributed by atoms with Gasteiger partial charge in [-0.2, -0.15) is 5.10 Å². The lowest BCUT2D eigenvalue weighted by Crippen LogP contribution is -2.23. The molecule has 3 heterocycles. The first-order chi connectivity index (χ1) is 18.5. The van der Waals surface area contributed by atoms with Crippen molar-refractivity contribution in [2.24, 2.45) is 17.8 Å². The highest BCUT2D eigenvalue weighted by molar-refractivity contribution is 5.98. The highest BCUT2D eigenvalue weighted by Gasteiger charge is 2.30. The molecule has 1 unspecified atom stereocenters. The summed E-state index contributed by atoms with van der Waals surface area (Å²) in [4.78, 5) is 24.5. The first-order valence-corrected chi connectivity index (χ1v) is 13.5. The lowest BCUT2D eigenvalue weighted by molar-refractivity contribution is -0.123. The van der Waals surface area contributed by atoms with Crippen molar-refractivity contribution < 1.29 is 18.0 Å². The summed E-state index contributed by atoms with van der Waals surface area (Å²) in [5, 5.41) is 6.94. The fourth-order valence-electron chi connectivity index (χ4n) is 6.49. The van der Waals surface area contributed by atoms with Crippen molar-refractivity contribution in [2.45, 2.75) is 64.2 Å². The van der Waals surface area contributed by atoms with Crippen LogP contribution in [0.25, 0.3) is 33.5 Å². The predicted octanol–water partition coefficient (Wildman–Crippen LogP) is 6.93. The Labute approximate surface area is 218 Å². The molecule has 0 amide bonds. The van der Waals surface area contributed by atoms with Crippen LogP contribution < -0.4 is 0 Å². The molecule has 4 aromatic rings. The summed E-state index contributed by atoms with van der Waals surface area (Å²) in [6.07, 6.45) is 12.2. The van der Waals surface area contributed by atoms with Crippen molar-refractivity contribution in [1.82, 2.24) is 25.1 Å². The third-order valence-electron chi connectivity index (χ3n) is 8.35. The summed E-state index contributed by atoms with van der Waals surface area (Å²) in [6, 6.07) is 3.43. The van der Waals surface area contributed by atoms with Crippen LogP contribution >= 0.6 is 0 Å². The van der Waals surface area contributed by atoms with Crippen molar-refractivity contribution in [2.75, 3.05) is 0 Å². The first-order valence-electron chi connectivity index (χ1n) is 13.5. The maximum absolute atomic E-state index is 15.5. The molecule has 2 N–H and O–H groups in total. The smallest absolute Gasteiger partial charge is 0.157 e. The van der Waals surface area contributed by atoms with E-state index in [4.69, 9.17) is 4.98 Å². The van der Waals surface area contributed by atoms with Crippen LogP contribution in [0.4, 0.5) is 13.2 Å². The van der Waals surface area contributed by atoms with Crippen molar-refractivity contribution in [3.05, 3.63) is 53.9 Å². The van der Waals surface area contributed by atoms with Gasteiger partial charge < -0.3 is 4.98 Å². The normalized spacial score (nSPS) is 20.4. The van der Waals surface area contributed by atoms with Gasteiger partial charge >= 0.3 is 0 Å². The largest absolute Gasteiger partial charge is 0.358 e. The molecule has 38 heavy (non-hydrogen) atoms. The molecule has 2 atom stereocenters. The van der Waals surface area contributed by atoms with Gasteiger partial charge in [-0.3, -0.25) is 9.89 Å². The summed E-state index contributed by atoms with van der Waals surface area (Å²) < 4.78 is 44.0. The minimum absolute atomic E-state index is 0.152. The second kappa shape index (κ2) is 10.3. The fraction of sp³-hybridized carbons (Fsp3) is 0.448. The molecule has 2 saturated carbocycles. The molecule has 0 saturated heterocycles. The SMILES string of the molecule is O=C(C[C@@H]1CCCC(Cc2nc(-c3c[nH]c4c(F)cc(F)cc34)c(-c3ncn[nH]3)cc2F)C1)C1CCCC1. The Morgan fingerprint density at radius 1 is 0.947 bits per heavy atom. The maximum atomic E-state index is 15.5. The van der Waals surface area contributed by atoms with Crippen molar-refractivity contribution in [3.8, 4) is 22.6 Å². The lowest BCUT2D eigenvalue weighted by atomic mass is 9.76. The molecule has 9 heteroatoms. The number of aromatic amines is 2. The molecule has 6 rings (SSSR count). The van der Waals surface area contributed by atoms with E-state index in [1.807, 2.05) is 0 Å². The number of hydrogen-bond acceptors (Lipinski definition) is 4. The number of aromatic nitrogens is 5. The average molecular weight is 522 g/mol. The monoisotopic (exact) mass is 521 g/mol. The van der Waals surface area contributed by atoms with Gasteiger partial charge in [0.25, 0.3) is 0 Å². The number of ketones is 1. The van der Waals surface area contributed by atoms with Crippen LogP contribution in [0.3, 0.4) is 0 Å². The van der Waals surface area contributed by atoms with Crippen molar-refractivity contribution in [1.29, 1.82) is 0 Å². The van der Waals surface area contributed by atoms with Crippen LogP contribution in [0.2, 0.25) is 0 Å². The van der Waals surface area contributed by atoms with Crippen LogP contribution in [-0.4, -0.2) is 30.9 Å². The number of halogens is 3. The molecule has 1 aromatic carbocycles. The van der Waals surface area contributed by atoms with Gasteiger partial charge in [0.05, 0.1) is 16.9 Å². The summed E-state index contributed by atoms with van der Waals surface area (Å²) in [7, 11) is 0. The minimum Gasteiger partial charge on any atom is -0.358 e. The van der Waals surface area contributed by atoms with E-state index in [9.17, 15) is 13.6 Å². The number of nitrogens with zero attached hydrogens (tertiary/aromatic N) is 3. The standard InChI is InChI=1S/C29H30F3N5O/c30-19-11-20-22(14-33-28(20)24(32)12-19)27-21(29-34-15-35-37-29)13-23(31)25(36-27)9-16-4-3-5-17(8-16)10-26(38)18-6-1-2-7-18/h11-18,33H,1-10H2,(H,34,35,37)/t16?,17-/m1/s1. The van der Waals surface area contributed by atoms with E-state index in [1.54, 1.807) is 6.20 Å². The molecule has 6 nitrogen and oxygen atoms in total. The lowest BCUT2D eigenvalue weighted by Gasteiger charge is -2.29. The molecule has 2 aliphatic rings. The second-order valence-corrected chi connectivity index (χ2v) is 10.9. The van der Waals surface area contributed by atoms with E-state index < -0.39 is 17.5 Å². The molecule has 198 valence electrons. The zero-order chi connectivity index (χ0) is 26.2. The molecule has 2 fully saturated rings. The Morgan fingerprint density at radius 2 is 1.76 bits per heavy atom. The summed E-state index contributed by atoms with van der Waals surface area (Å²) in [6.45, 7) is 0. The predicted molar refractivity (Wildman–Crippen MR) is 138 cm³/mol. The first kappa shape index (κ1) is 24.8. The van der Waals surface area contributed by atoms with Crippen molar-refractivity contribution >= 4 is 16.7 Å². The Hall–Kier alpha value is -3.49. The average Bonchev–Trinajstić information content (AvgIpc) is 3.67. The molecular weight excluding hydrogens is 491 g/mol. The van der Waals surface area contributed by atoms with Gasteiger partial charge in [-0.1, -0.05) is 32.1 Å². The second-order valence-electron chi connectivity index (χ2n) is 10.9. The number of Topliss-reactive ketones (excluding diaryl/α,β-unsaturated/α-hetero) is 1. The van der Waals surface area contributed by atoms with Gasteiger partial charge in [0.1, 0.15) is 29.6 Å². The molecule has 2 aliphatic carbocycles. The molecule has 3 aromatic heterocycles. The molecule has 0 radical (unpaired) electrons. The third-order valence-corrected chi connectivity index (χ3v) is 8.35. The van der Waals surface area contributed by atoms with E-state index in [0.717, 1.165) is 57.4 Å². The van der Waals surface area contributed by atoms with Gasteiger partial charge in [0.15, 0.2) is 5.82 Å².